The lowest BCUT2D eigenvalue weighted by molar-refractivity contribution is 0.201. The average Bonchev–Trinajstić information content (AvgIpc) is 2.62. The molecule has 0 unspecified atom stereocenters. The summed E-state index contributed by atoms with van der Waals surface area (Å²) >= 11 is 0. The second-order valence-electron chi connectivity index (χ2n) is 6.73. The Bertz CT molecular complexity index is 645. The van der Waals surface area contributed by atoms with Gasteiger partial charge >= 0.3 is 0 Å². The molecule has 0 radical (unpaired) electrons. The summed E-state index contributed by atoms with van der Waals surface area (Å²) in [6.07, 6.45) is 3.46. The van der Waals surface area contributed by atoms with E-state index in [1.807, 2.05) is 17.0 Å². The monoisotopic (exact) mass is 327 g/mol. The Morgan fingerprint density at radius 3 is 2.88 bits per heavy atom. The number of ether oxygens (including phenoxy) is 1. The van der Waals surface area contributed by atoms with Gasteiger partial charge in [0, 0.05) is 19.5 Å². The molecule has 1 aromatic carbocycles. The SMILES string of the molecule is N#CC1(CCOc2ccc3c(c2)CN(C(=N)N)CC3)CCNCC1. The normalized spacial score (nSPS) is 19.2. The van der Waals surface area contributed by atoms with Crippen LogP contribution in [0.25, 0.3) is 0 Å². The number of nitrogens with zero attached hydrogens (tertiary/aromatic N) is 2. The smallest absolute Gasteiger partial charge is 0.188 e. The first-order chi connectivity index (χ1) is 11.6. The minimum Gasteiger partial charge on any atom is -0.494 e. The Hall–Kier alpha value is -2.26. The molecule has 6 heteroatoms. The number of hydrogen-bond donors (Lipinski definition) is 3. The molecule has 0 atom stereocenters. The van der Waals surface area contributed by atoms with Gasteiger partial charge in [0.05, 0.1) is 18.1 Å². The fourth-order valence-corrected chi connectivity index (χ4v) is 3.52. The first kappa shape index (κ1) is 16.6. The molecule has 0 bridgehead atoms. The third-order valence-electron chi connectivity index (χ3n) is 5.18. The van der Waals surface area contributed by atoms with Crippen LogP contribution in [0.15, 0.2) is 18.2 Å². The molecule has 0 aliphatic carbocycles. The van der Waals surface area contributed by atoms with Crippen LogP contribution in [0.1, 0.15) is 30.4 Å². The number of nitrogens with one attached hydrogen (secondary N) is 2. The highest BCUT2D eigenvalue weighted by Crippen LogP contribution is 2.32. The third-order valence-corrected chi connectivity index (χ3v) is 5.18. The maximum atomic E-state index is 9.51. The molecule has 0 amide bonds. The van der Waals surface area contributed by atoms with Gasteiger partial charge in [-0.15, -0.1) is 0 Å². The Balaban J connectivity index is 1.59. The standard InChI is InChI=1S/C18H25N5O/c19-13-18(4-7-22-8-5-18)6-10-24-16-2-1-14-3-9-23(17(20)21)12-15(14)11-16/h1-2,11,22H,3-10,12H2,(H3,20,21). The van der Waals surface area contributed by atoms with Gasteiger partial charge in [-0.3, -0.25) is 5.41 Å². The second-order valence-corrected chi connectivity index (χ2v) is 6.73. The summed E-state index contributed by atoms with van der Waals surface area (Å²) in [6, 6.07) is 8.66. The largest absolute Gasteiger partial charge is 0.494 e. The quantitative estimate of drug-likeness (QED) is 0.576. The molecule has 2 aliphatic heterocycles. The lowest BCUT2D eigenvalue weighted by Crippen LogP contribution is -2.40. The number of nitrogens with two attached hydrogens (primary N) is 1. The Morgan fingerprint density at radius 1 is 1.38 bits per heavy atom. The van der Waals surface area contributed by atoms with Crippen LogP contribution in [0.5, 0.6) is 5.75 Å². The summed E-state index contributed by atoms with van der Waals surface area (Å²) in [5.74, 6) is 0.954. The lowest BCUT2D eigenvalue weighted by Gasteiger charge is -2.31. The topological polar surface area (TPSA) is 98.2 Å². The average molecular weight is 327 g/mol. The molecule has 2 aliphatic rings. The molecular formula is C18H25N5O. The molecule has 0 spiro atoms. The fourth-order valence-electron chi connectivity index (χ4n) is 3.52. The number of rotatable bonds is 4. The van der Waals surface area contributed by atoms with Crippen molar-refractivity contribution in [2.75, 3.05) is 26.2 Å². The Labute approximate surface area is 143 Å². The van der Waals surface area contributed by atoms with Crippen molar-refractivity contribution in [3.63, 3.8) is 0 Å². The van der Waals surface area contributed by atoms with Crippen LogP contribution in [0, 0.1) is 22.2 Å². The van der Waals surface area contributed by atoms with Crippen molar-refractivity contribution in [1.29, 1.82) is 10.7 Å². The van der Waals surface area contributed by atoms with Gasteiger partial charge in [-0.2, -0.15) is 5.26 Å². The minimum atomic E-state index is -0.245. The van der Waals surface area contributed by atoms with Crippen molar-refractivity contribution < 1.29 is 4.74 Å². The zero-order chi connectivity index (χ0) is 17.0. The minimum absolute atomic E-state index is 0.119. The van der Waals surface area contributed by atoms with E-state index in [1.165, 1.54) is 11.1 Å². The first-order valence-corrected chi connectivity index (χ1v) is 8.57. The highest BCUT2D eigenvalue weighted by Gasteiger charge is 2.31. The van der Waals surface area contributed by atoms with Gasteiger partial charge in [-0.1, -0.05) is 6.07 Å². The summed E-state index contributed by atoms with van der Waals surface area (Å²) in [6.45, 7) is 3.83. The van der Waals surface area contributed by atoms with Gasteiger partial charge in [0.1, 0.15) is 5.75 Å². The summed E-state index contributed by atoms with van der Waals surface area (Å²) in [5.41, 5.74) is 7.82. The number of hydrogen-bond acceptors (Lipinski definition) is 4. The van der Waals surface area contributed by atoms with E-state index >= 15 is 0 Å². The molecule has 0 aromatic heterocycles. The second kappa shape index (κ2) is 7.10. The van der Waals surface area contributed by atoms with E-state index in [2.05, 4.69) is 17.5 Å². The van der Waals surface area contributed by atoms with Gasteiger partial charge < -0.3 is 20.7 Å². The molecule has 0 saturated carbocycles. The highest BCUT2D eigenvalue weighted by molar-refractivity contribution is 5.75. The first-order valence-electron chi connectivity index (χ1n) is 8.57. The van der Waals surface area contributed by atoms with E-state index < -0.39 is 0 Å². The maximum absolute atomic E-state index is 9.51. The predicted octanol–water partition coefficient (Wildman–Crippen LogP) is 1.60. The molecule has 1 saturated heterocycles. The third kappa shape index (κ3) is 3.62. The van der Waals surface area contributed by atoms with Gasteiger partial charge in [0.2, 0.25) is 0 Å². The molecule has 2 heterocycles. The number of piperidine rings is 1. The van der Waals surface area contributed by atoms with Crippen LogP contribution in [-0.2, 0) is 13.0 Å². The van der Waals surface area contributed by atoms with Crippen LogP contribution in [0.4, 0.5) is 0 Å². The van der Waals surface area contributed by atoms with Crippen LogP contribution < -0.4 is 15.8 Å². The van der Waals surface area contributed by atoms with Crippen LogP contribution in [-0.4, -0.2) is 37.1 Å². The van der Waals surface area contributed by atoms with Crippen LogP contribution >= 0.6 is 0 Å². The van der Waals surface area contributed by atoms with E-state index in [0.29, 0.717) is 13.2 Å². The zero-order valence-electron chi connectivity index (χ0n) is 14.0. The molecule has 3 rings (SSSR count). The fraction of sp³-hybridized carbons (Fsp3) is 0.556. The van der Waals surface area contributed by atoms with E-state index in [-0.39, 0.29) is 11.4 Å². The van der Waals surface area contributed by atoms with Crippen LogP contribution in [0.3, 0.4) is 0 Å². The summed E-state index contributed by atoms with van der Waals surface area (Å²) in [7, 11) is 0. The van der Waals surface area contributed by atoms with Crippen molar-refractivity contribution in [2.45, 2.75) is 32.2 Å². The van der Waals surface area contributed by atoms with Gasteiger partial charge in [-0.05, 0) is 55.6 Å². The van der Waals surface area contributed by atoms with Crippen molar-refractivity contribution in [3.8, 4) is 11.8 Å². The number of guanidine groups is 1. The summed E-state index contributed by atoms with van der Waals surface area (Å²) in [5, 5.41) is 20.4. The van der Waals surface area contributed by atoms with E-state index in [1.54, 1.807) is 0 Å². The van der Waals surface area contributed by atoms with Crippen molar-refractivity contribution in [2.24, 2.45) is 11.1 Å². The lowest BCUT2D eigenvalue weighted by atomic mass is 9.78. The maximum Gasteiger partial charge on any atom is 0.188 e. The predicted molar refractivity (Wildman–Crippen MR) is 92.7 cm³/mol. The molecule has 128 valence electrons. The summed E-state index contributed by atoms with van der Waals surface area (Å²) < 4.78 is 5.92. The van der Waals surface area contributed by atoms with Crippen molar-refractivity contribution in [1.82, 2.24) is 10.2 Å². The van der Waals surface area contributed by atoms with Crippen molar-refractivity contribution in [3.05, 3.63) is 29.3 Å². The molecule has 6 nitrogen and oxygen atoms in total. The van der Waals surface area contributed by atoms with E-state index in [0.717, 1.165) is 51.1 Å². The summed E-state index contributed by atoms with van der Waals surface area (Å²) in [4.78, 5) is 1.87. The molecule has 4 N–H and O–H groups in total. The number of fused-ring (bicyclic) bond motifs is 1. The number of nitriles is 1. The van der Waals surface area contributed by atoms with E-state index in [9.17, 15) is 5.26 Å². The molecule has 1 aromatic rings. The molecule has 24 heavy (non-hydrogen) atoms. The van der Waals surface area contributed by atoms with Gasteiger partial charge in [-0.25, -0.2) is 0 Å². The Kier molecular flexibility index (Phi) is 4.91. The highest BCUT2D eigenvalue weighted by atomic mass is 16.5. The number of benzene rings is 1. The Morgan fingerprint density at radius 2 is 2.17 bits per heavy atom. The zero-order valence-corrected chi connectivity index (χ0v) is 14.0. The van der Waals surface area contributed by atoms with Gasteiger partial charge in [0.25, 0.3) is 0 Å². The molecular weight excluding hydrogens is 302 g/mol. The van der Waals surface area contributed by atoms with Crippen LogP contribution in [0.2, 0.25) is 0 Å². The van der Waals surface area contributed by atoms with Crippen molar-refractivity contribution >= 4 is 5.96 Å². The molecule has 1 fully saturated rings. The van der Waals surface area contributed by atoms with E-state index in [4.69, 9.17) is 15.9 Å². The van der Waals surface area contributed by atoms with Gasteiger partial charge in [0.15, 0.2) is 5.96 Å².